The largest absolute Gasteiger partial charge is 0.289 e. The fraction of sp³-hybridized carbons (Fsp3) is 0.115. The van der Waals surface area contributed by atoms with Crippen LogP contribution in [0.5, 0.6) is 0 Å². The van der Waals surface area contributed by atoms with E-state index >= 15 is 0 Å². The smallest absolute Gasteiger partial charge is 0.185 e. The van der Waals surface area contributed by atoms with E-state index < -0.39 is 0 Å². The first-order chi connectivity index (χ1) is 14.1. The SMILES string of the molecule is O=C1/C(=C\c2ccccc2Br)CC(c2ccccc2)C/C1=C\c1ccccc1Br. The third kappa shape index (κ3) is 4.68. The van der Waals surface area contributed by atoms with Crippen LogP contribution in [0.25, 0.3) is 12.2 Å². The van der Waals surface area contributed by atoms with Gasteiger partial charge in [-0.25, -0.2) is 0 Å². The lowest BCUT2D eigenvalue weighted by atomic mass is 9.77. The molecule has 0 N–H and O–H groups in total. The first kappa shape index (κ1) is 20.1. The van der Waals surface area contributed by atoms with E-state index in [9.17, 15) is 4.79 Å². The molecule has 0 amide bonds. The molecule has 144 valence electrons. The number of benzene rings is 3. The van der Waals surface area contributed by atoms with E-state index in [4.69, 9.17) is 0 Å². The van der Waals surface area contributed by atoms with Gasteiger partial charge in [-0.15, -0.1) is 0 Å². The van der Waals surface area contributed by atoms with Gasteiger partial charge in [0, 0.05) is 20.1 Å². The van der Waals surface area contributed by atoms with Crippen LogP contribution in [0.1, 0.15) is 35.4 Å². The molecule has 1 aliphatic carbocycles. The average Bonchev–Trinajstić information content (AvgIpc) is 2.74. The molecule has 1 aliphatic rings. The molecule has 3 aromatic carbocycles. The molecule has 3 aromatic rings. The predicted molar refractivity (Wildman–Crippen MR) is 128 cm³/mol. The lowest BCUT2D eigenvalue weighted by molar-refractivity contribution is -0.113. The van der Waals surface area contributed by atoms with Gasteiger partial charge in [-0.1, -0.05) is 98.6 Å². The minimum atomic E-state index is 0.142. The van der Waals surface area contributed by atoms with Crippen molar-refractivity contribution >= 4 is 49.8 Å². The number of rotatable bonds is 3. The molecule has 1 fully saturated rings. The summed E-state index contributed by atoms with van der Waals surface area (Å²) in [5.41, 5.74) is 5.05. The maximum atomic E-state index is 13.4. The van der Waals surface area contributed by atoms with Gasteiger partial charge < -0.3 is 0 Å². The molecule has 0 spiro atoms. The van der Waals surface area contributed by atoms with E-state index in [0.29, 0.717) is 0 Å². The van der Waals surface area contributed by atoms with Crippen LogP contribution in [0.3, 0.4) is 0 Å². The quantitative estimate of drug-likeness (QED) is 0.330. The lowest BCUT2D eigenvalue weighted by Gasteiger charge is -2.26. The van der Waals surface area contributed by atoms with E-state index in [2.05, 4.69) is 56.1 Å². The van der Waals surface area contributed by atoms with Crippen LogP contribution >= 0.6 is 31.9 Å². The minimum absolute atomic E-state index is 0.142. The highest BCUT2D eigenvalue weighted by molar-refractivity contribution is 9.10. The topological polar surface area (TPSA) is 17.1 Å². The molecular weight excluding hydrogens is 488 g/mol. The Balaban J connectivity index is 1.78. The zero-order valence-corrected chi connectivity index (χ0v) is 19.0. The summed E-state index contributed by atoms with van der Waals surface area (Å²) < 4.78 is 2.00. The molecule has 1 unspecified atom stereocenters. The average molecular weight is 508 g/mol. The van der Waals surface area contributed by atoms with Crippen molar-refractivity contribution in [2.45, 2.75) is 18.8 Å². The summed E-state index contributed by atoms with van der Waals surface area (Å²) in [5.74, 6) is 0.431. The summed E-state index contributed by atoms with van der Waals surface area (Å²) in [4.78, 5) is 13.4. The van der Waals surface area contributed by atoms with Crippen LogP contribution in [0, 0.1) is 0 Å². The Kier molecular flexibility index (Phi) is 6.27. The fourth-order valence-corrected chi connectivity index (χ4v) is 4.56. The molecule has 1 nitrogen and oxygen atoms in total. The number of hydrogen-bond donors (Lipinski definition) is 0. The summed E-state index contributed by atoms with van der Waals surface area (Å²) in [6, 6.07) is 26.5. The second kappa shape index (κ2) is 9.06. The number of ketones is 1. The van der Waals surface area contributed by atoms with Gasteiger partial charge in [-0.05, 0) is 59.7 Å². The molecular formula is C26H20Br2O. The first-order valence-corrected chi connectivity index (χ1v) is 11.2. The van der Waals surface area contributed by atoms with Crippen molar-refractivity contribution in [3.63, 3.8) is 0 Å². The minimum Gasteiger partial charge on any atom is -0.289 e. The molecule has 1 atom stereocenters. The third-order valence-corrected chi connectivity index (χ3v) is 6.70. The molecule has 0 saturated heterocycles. The van der Waals surface area contributed by atoms with Gasteiger partial charge in [-0.3, -0.25) is 4.79 Å². The maximum absolute atomic E-state index is 13.4. The normalized spacial score (nSPS) is 19.7. The molecule has 0 heterocycles. The van der Waals surface area contributed by atoms with E-state index in [-0.39, 0.29) is 11.7 Å². The van der Waals surface area contributed by atoms with Gasteiger partial charge in [-0.2, -0.15) is 0 Å². The summed E-state index contributed by atoms with van der Waals surface area (Å²) in [5, 5.41) is 0. The van der Waals surface area contributed by atoms with Gasteiger partial charge in [0.15, 0.2) is 5.78 Å². The van der Waals surface area contributed by atoms with E-state index in [1.54, 1.807) is 0 Å². The van der Waals surface area contributed by atoms with Crippen LogP contribution in [0.2, 0.25) is 0 Å². The second-order valence-corrected chi connectivity index (χ2v) is 8.94. The summed E-state index contributed by atoms with van der Waals surface area (Å²) in [6.45, 7) is 0. The van der Waals surface area contributed by atoms with E-state index in [1.807, 2.05) is 66.7 Å². The van der Waals surface area contributed by atoms with E-state index in [1.165, 1.54) is 5.56 Å². The standard InChI is InChI=1S/C26H20Br2O/c27-24-12-6-4-10-19(24)14-22-16-21(18-8-2-1-3-9-18)17-23(26(22)29)15-20-11-5-7-13-25(20)28/h1-15,21H,16-17H2/b22-14-,23-15+. The van der Waals surface area contributed by atoms with Crippen LogP contribution in [0.15, 0.2) is 99.0 Å². The fourth-order valence-electron chi connectivity index (χ4n) is 3.76. The molecule has 4 rings (SSSR count). The molecule has 3 heteroatoms. The Hall–Kier alpha value is -2.23. The van der Waals surface area contributed by atoms with Crippen LogP contribution < -0.4 is 0 Å². The number of carbonyl (C=O) groups excluding carboxylic acids is 1. The second-order valence-electron chi connectivity index (χ2n) is 7.23. The van der Waals surface area contributed by atoms with Crippen LogP contribution in [-0.2, 0) is 4.79 Å². The zero-order chi connectivity index (χ0) is 20.2. The van der Waals surface area contributed by atoms with Crippen molar-refractivity contribution in [2.24, 2.45) is 0 Å². The summed E-state index contributed by atoms with van der Waals surface area (Å²) in [7, 11) is 0. The Morgan fingerprint density at radius 2 is 1.10 bits per heavy atom. The zero-order valence-electron chi connectivity index (χ0n) is 15.8. The number of Topliss-reactive ketones (excluding diaryl/α,β-unsaturated/α-hetero) is 1. The number of hydrogen-bond acceptors (Lipinski definition) is 1. The van der Waals surface area contributed by atoms with Gasteiger partial charge in [0.2, 0.25) is 0 Å². The molecule has 0 aromatic heterocycles. The monoisotopic (exact) mass is 506 g/mol. The molecule has 0 bridgehead atoms. The number of allylic oxidation sites excluding steroid dienone is 2. The Bertz CT molecular complexity index is 1030. The molecule has 1 saturated carbocycles. The van der Waals surface area contributed by atoms with Crippen molar-refractivity contribution in [1.29, 1.82) is 0 Å². The van der Waals surface area contributed by atoms with Crippen LogP contribution in [-0.4, -0.2) is 5.78 Å². The van der Waals surface area contributed by atoms with Gasteiger partial charge in [0.05, 0.1) is 0 Å². The van der Waals surface area contributed by atoms with Crippen molar-refractivity contribution in [3.8, 4) is 0 Å². The van der Waals surface area contributed by atoms with Crippen molar-refractivity contribution < 1.29 is 4.79 Å². The van der Waals surface area contributed by atoms with Crippen molar-refractivity contribution in [2.75, 3.05) is 0 Å². The first-order valence-electron chi connectivity index (χ1n) is 9.61. The molecule has 0 aliphatic heterocycles. The highest BCUT2D eigenvalue weighted by atomic mass is 79.9. The van der Waals surface area contributed by atoms with E-state index in [0.717, 1.165) is 44.1 Å². The predicted octanol–water partition coefficient (Wildman–Crippen LogP) is 7.83. The Morgan fingerprint density at radius 1 is 0.655 bits per heavy atom. The maximum Gasteiger partial charge on any atom is 0.185 e. The molecule has 0 radical (unpaired) electrons. The van der Waals surface area contributed by atoms with Crippen LogP contribution in [0.4, 0.5) is 0 Å². The summed E-state index contributed by atoms with van der Waals surface area (Å²) >= 11 is 7.21. The van der Waals surface area contributed by atoms with Crippen molar-refractivity contribution in [3.05, 3.63) is 116 Å². The highest BCUT2D eigenvalue weighted by Gasteiger charge is 2.29. The Morgan fingerprint density at radius 3 is 1.59 bits per heavy atom. The van der Waals surface area contributed by atoms with Gasteiger partial charge in [0.25, 0.3) is 0 Å². The molecule has 29 heavy (non-hydrogen) atoms. The lowest BCUT2D eigenvalue weighted by Crippen LogP contribution is -2.19. The van der Waals surface area contributed by atoms with Crippen molar-refractivity contribution in [1.82, 2.24) is 0 Å². The van der Waals surface area contributed by atoms with Gasteiger partial charge >= 0.3 is 0 Å². The highest BCUT2D eigenvalue weighted by Crippen LogP contribution is 2.39. The van der Waals surface area contributed by atoms with Gasteiger partial charge in [0.1, 0.15) is 0 Å². The Labute approximate surface area is 188 Å². The number of carbonyl (C=O) groups is 1. The third-order valence-electron chi connectivity index (χ3n) is 5.26. The number of halogens is 2. The summed E-state index contributed by atoms with van der Waals surface area (Å²) in [6.07, 6.45) is 5.57.